The maximum absolute atomic E-state index is 5.19. The molecule has 1 aliphatic heterocycles. The van der Waals surface area contributed by atoms with Gasteiger partial charge in [0.2, 0.25) is 0 Å². The minimum absolute atomic E-state index is 0.0501. The van der Waals surface area contributed by atoms with Crippen molar-refractivity contribution < 1.29 is 0 Å². The summed E-state index contributed by atoms with van der Waals surface area (Å²) in [5, 5.41) is 7.65. The van der Waals surface area contributed by atoms with Gasteiger partial charge in [-0.15, -0.1) is 0 Å². The lowest BCUT2D eigenvalue weighted by atomic mass is 9.68. The Kier molecular flexibility index (Phi) is 6.82. The fourth-order valence-electron chi connectivity index (χ4n) is 9.60. The zero-order chi connectivity index (χ0) is 32.6. The molecule has 0 spiro atoms. The minimum atomic E-state index is -0.108. The van der Waals surface area contributed by atoms with E-state index in [0.717, 1.165) is 25.1 Å². The Morgan fingerprint density at radius 1 is 0.812 bits per heavy atom. The van der Waals surface area contributed by atoms with E-state index in [0.29, 0.717) is 11.8 Å². The molecule has 48 heavy (non-hydrogen) atoms. The highest BCUT2D eigenvalue weighted by Crippen LogP contribution is 2.63. The van der Waals surface area contributed by atoms with E-state index in [2.05, 4.69) is 160 Å². The van der Waals surface area contributed by atoms with E-state index < -0.39 is 0 Å². The van der Waals surface area contributed by atoms with Gasteiger partial charge in [-0.3, -0.25) is 5.32 Å². The second-order valence-corrected chi connectivity index (χ2v) is 15.5. The predicted molar refractivity (Wildman–Crippen MR) is 198 cm³/mol. The van der Waals surface area contributed by atoms with Crippen LogP contribution in [0.25, 0.3) is 5.57 Å². The lowest BCUT2D eigenvalue weighted by Crippen LogP contribution is -2.47. The summed E-state index contributed by atoms with van der Waals surface area (Å²) >= 11 is 0. The lowest BCUT2D eigenvalue weighted by Gasteiger charge is -2.35. The zero-order valence-corrected chi connectivity index (χ0v) is 28.5. The summed E-state index contributed by atoms with van der Waals surface area (Å²) < 4.78 is 0. The topological polar surface area (TPSA) is 36.4 Å². The number of rotatable bonds is 4. The van der Waals surface area contributed by atoms with E-state index in [-0.39, 0.29) is 29.1 Å². The maximum atomic E-state index is 5.19. The number of hydrogen-bond acceptors (Lipinski definition) is 3. The van der Waals surface area contributed by atoms with Gasteiger partial charge >= 0.3 is 0 Å². The van der Waals surface area contributed by atoms with Crippen LogP contribution < -0.4 is 10.6 Å². The molecule has 3 aromatic carbocycles. The summed E-state index contributed by atoms with van der Waals surface area (Å²) in [7, 11) is 0. The molecule has 0 fully saturated rings. The molecule has 0 aromatic heterocycles. The van der Waals surface area contributed by atoms with Crippen molar-refractivity contribution in [2.45, 2.75) is 70.6 Å². The van der Waals surface area contributed by atoms with Crippen LogP contribution in [0, 0.1) is 17.3 Å². The van der Waals surface area contributed by atoms with Crippen LogP contribution in [0.4, 0.5) is 0 Å². The molecule has 3 heteroatoms. The third-order valence-corrected chi connectivity index (χ3v) is 12.0. The first kappa shape index (κ1) is 29.7. The summed E-state index contributed by atoms with van der Waals surface area (Å²) in [6, 6.07) is 29.1. The fraction of sp³-hybridized carbons (Fsp3) is 0.311. The SMILES string of the molecule is CC1(C)C2=CC3C(C=C2C2=C1C(c1cccc(C4NC(C5C=CC=CC5)=NC(c5ccccc5)N4)c1)=CCC2)c1ccccc1C3(C)C. The van der Waals surface area contributed by atoms with Gasteiger partial charge in [0.1, 0.15) is 18.2 Å². The Balaban J connectivity index is 1.08. The summed E-state index contributed by atoms with van der Waals surface area (Å²) in [5.74, 6) is 2.23. The molecule has 5 aliphatic carbocycles. The highest BCUT2D eigenvalue weighted by atomic mass is 15.3. The molecule has 5 unspecified atom stereocenters. The molecule has 0 radical (unpaired) electrons. The van der Waals surface area contributed by atoms with E-state index in [1.54, 1.807) is 5.57 Å². The third-order valence-electron chi connectivity index (χ3n) is 12.0. The van der Waals surface area contributed by atoms with Crippen molar-refractivity contribution in [3.05, 3.63) is 172 Å². The van der Waals surface area contributed by atoms with Crippen LogP contribution in [0.3, 0.4) is 0 Å². The van der Waals surface area contributed by atoms with Gasteiger partial charge in [0.05, 0.1) is 0 Å². The molecule has 9 rings (SSSR count). The van der Waals surface area contributed by atoms with Crippen LogP contribution in [0.5, 0.6) is 0 Å². The Morgan fingerprint density at radius 2 is 1.62 bits per heavy atom. The van der Waals surface area contributed by atoms with Crippen molar-refractivity contribution in [2.24, 2.45) is 22.2 Å². The predicted octanol–water partition coefficient (Wildman–Crippen LogP) is 10.2. The number of amidine groups is 1. The van der Waals surface area contributed by atoms with Crippen LogP contribution in [-0.2, 0) is 5.41 Å². The van der Waals surface area contributed by atoms with Gasteiger partial charge < -0.3 is 5.32 Å². The van der Waals surface area contributed by atoms with Crippen LogP contribution in [0.2, 0.25) is 0 Å². The molecule has 0 bridgehead atoms. The van der Waals surface area contributed by atoms with Gasteiger partial charge in [-0.05, 0) is 92.3 Å². The molecular formula is C45H45N3. The Bertz CT molecular complexity index is 2030. The molecule has 0 saturated heterocycles. The van der Waals surface area contributed by atoms with E-state index in [1.807, 2.05) is 0 Å². The molecule has 3 nitrogen and oxygen atoms in total. The molecular weight excluding hydrogens is 583 g/mol. The Hall–Kier alpha value is -4.47. The fourth-order valence-corrected chi connectivity index (χ4v) is 9.60. The monoisotopic (exact) mass is 627 g/mol. The Morgan fingerprint density at radius 3 is 2.46 bits per heavy atom. The van der Waals surface area contributed by atoms with E-state index >= 15 is 0 Å². The summed E-state index contributed by atoms with van der Waals surface area (Å²) in [6.07, 6.45) is 19.6. The smallest absolute Gasteiger partial charge is 0.129 e. The first-order chi connectivity index (χ1) is 23.3. The maximum Gasteiger partial charge on any atom is 0.129 e. The van der Waals surface area contributed by atoms with Crippen molar-refractivity contribution in [3.8, 4) is 0 Å². The van der Waals surface area contributed by atoms with Crippen molar-refractivity contribution in [1.82, 2.24) is 10.6 Å². The second kappa shape index (κ2) is 11.0. The molecule has 5 atom stereocenters. The van der Waals surface area contributed by atoms with Crippen LogP contribution >= 0.6 is 0 Å². The number of benzene rings is 3. The molecule has 1 heterocycles. The van der Waals surface area contributed by atoms with Crippen LogP contribution in [0.1, 0.15) is 93.0 Å². The minimum Gasteiger partial charge on any atom is -0.354 e. The van der Waals surface area contributed by atoms with Gasteiger partial charge in [-0.2, -0.15) is 0 Å². The lowest BCUT2D eigenvalue weighted by molar-refractivity contribution is 0.385. The standard InChI is InChI=1S/C45H45N3/c1-44(2)37-24-12-11-21-33(37)35-26-36-34-23-14-22-32(40(34)45(3,4)39(36)27-38(35)44)30-19-13-20-31(25-30)43-47-41(28-15-7-5-8-16-28)46-42(48-43)29-17-9-6-10-18-29/h5-13,15-17,19-22,24-27,29,35,38,41,43,47H,14,18,23H2,1-4H3,(H,46,48). The van der Waals surface area contributed by atoms with E-state index in [9.17, 15) is 0 Å². The van der Waals surface area contributed by atoms with Crippen molar-refractivity contribution in [1.29, 1.82) is 0 Å². The second-order valence-electron chi connectivity index (χ2n) is 15.5. The van der Waals surface area contributed by atoms with Gasteiger partial charge in [0, 0.05) is 17.3 Å². The number of hydrogen-bond donors (Lipinski definition) is 2. The molecule has 240 valence electrons. The molecule has 3 aromatic rings. The highest BCUT2D eigenvalue weighted by Gasteiger charge is 2.51. The van der Waals surface area contributed by atoms with Crippen LogP contribution in [0.15, 0.2) is 149 Å². The highest BCUT2D eigenvalue weighted by molar-refractivity contribution is 5.90. The number of nitrogens with one attached hydrogen (secondary N) is 2. The number of aliphatic imine (C=N–C) groups is 1. The van der Waals surface area contributed by atoms with Gasteiger partial charge in [0.25, 0.3) is 0 Å². The Labute approximate surface area is 285 Å². The number of nitrogens with zero attached hydrogens (tertiary/aromatic N) is 1. The van der Waals surface area contributed by atoms with Crippen molar-refractivity contribution in [2.75, 3.05) is 0 Å². The normalized spacial score (nSPS) is 29.0. The van der Waals surface area contributed by atoms with Crippen LogP contribution in [-0.4, -0.2) is 5.84 Å². The summed E-state index contributed by atoms with van der Waals surface area (Å²) in [6.45, 7) is 9.84. The van der Waals surface area contributed by atoms with Crippen molar-refractivity contribution in [3.63, 3.8) is 0 Å². The van der Waals surface area contributed by atoms with E-state index in [4.69, 9.17) is 4.99 Å². The summed E-state index contributed by atoms with van der Waals surface area (Å²) in [4.78, 5) is 5.19. The summed E-state index contributed by atoms with van der Waals surface area (Å²) in [5.41, 5.74) is 14.4. The van der Waals surface area contributed by atoms with Gasteiger partial charge in [0.15, 0.2) is 0 Å². The number of fused-ring (bicyclic) bond motifs is 5. The van der Waals surface area contributed by atoms with Crippen molar-refractivity contribution >= 4 is 11.4 Å². The quantitative estimate of drug-likeness (QED) is 0.302. The molecule has 6 aliphatic rings. The average molecular weight is 628 g/mol. The van der Waals surface area contributed by atoms with Gasteiger partial charge in [-0.25, -0.2) is 4.99 Å². The number of allylic oxidation sites excluding steroid dienone is 11. The molecule has 2 N–H and O–H groups in total. The average Bonchev–Trinajstić information content (AvgIpc) is 3.50. The molecule has 0 amide bonds. The largest absolute Gasteiger partial charge is 0.354 e. The third kappa shape index (κ3) is 4.54. The zero-order valence-electron chi connectivity index (χ0n) is 28.5. The first-order valence-corrected chi connectivity index (χ1v) is 17.9. The first-order valence-electron chi connectivity index (χ1n) is 17.9. The van der Waals surface area contributed by atoms with Gasteiger partial charge in [-0.1, -0.05) is 143 Å². The van der Waals surface area contributed by atoms with E-state index in [1.165, 1.54) is 50.1 Å². The molecule has 0 saturated carbocycles.